The Kier molecular flexibility index (Phi) is 3.84. The minimum absolute atomic E-state index is 0.0538. The van der Waals surface area contributed by atoms with Crippen molar-refractivity contribution in [3.63, 3.8) is 0 Å². The number of aromatic nitrogens is 4. The van der Waals surface area contributed by atoms with E-state index >= 15 is 0 Å². The number of carbonyl (C=O) groups is 1. The highest BCUT2D eigenvalue weighted by atomic mass is 32.2. The summed E-state index contributed by atoms with van der Waals surface area (Å²) in [6.45, 7) is 3.93. The van der Waals surface area contributed by atoms with Crippen molar-refractivity contribution in [2.24, 2.45) is 0 Å². The summed E-state index contributed by atoms with van der Waals surface area (Å²) >= 11 is 1.55. The highest BCUT2D eigenvalue weighted by Gasteiger charge is 2.30. The quantitative estimate of drug-likeness (QED) is 0.739. The third kappa shape index (κ3) is 2.72. The molecule has 1 aliphatic heterocycles. The average molecular weight is 357 g/mol. The number of hydrogen-bond donors (Lipinski definition) is 2. The van der Waals surface area contributed by atoms with Crippen LogP contribution in [0.1, 0.15) is 27.8 Å². The molecule has 1 aromatic carbocycles. The minimum Gasteiger partial charge on any atom is -0.310 e. The first-order chi connectivity index (χ1) is 12.0. The van der Waals surface area contributed by atoms with Crippen LogP contribution in [0.5, 0.6) is 0 Å². The zero-order valence-corrected chi connectivity index (χ0v) is 14.5. The molecule has 0 spiro atoms. The van der Waals surface area contributed by atoms with Crippen LogP contribution in [0.4, 0.5) is 10.2 Å². The van der Waals surface area contributed by atoms with Crippen molar-refractivity contribution in [1.82, 2.24) is 20.0 Å². The van der Waals surface area contributed by atoms with E-state index in [1.54, 1.807) is 30.1 Å². The molecule has 1 amide bonds. The molecule has 0 aliphatic carbocycles. The molecule has 1 atom stereocenters. The van der Waals surface area contributed by atoms with E-state index in [1.807, 2.05) is 18.5 Å². The lowest BCUT2D eigenvalue weighted by Crippen LogP contribution is -2.12. The van der Waals surface area contributed by atoms with E-state index in [9.17, 15) is 9.18 Å². The number of aromatic amines is 1. The van der Waals surface area contributed by atoms with Gasteiger partial charge in [-0.15, -0.1) is 11.8 Å². The smallest absolute Gasteiger partial charge is 0.235 e. The van der Waals surface area contributed by atoms with Gasteiger partial charge in [-0.1, -0.05) is 0 Å². The number of rotatable bonds is 2. The van der Waals surface area contributed by atoms with Gasteiger partial charge >= 0.3 is 0 Å². The van der Waals surface area contributed by atoms with Crippen molar-refractivity contribution in [2.45, 2.75) is 19.1 Å². The predicted molar refractivity (Wildman–Crippen MR) is 94.5 cm³/mol. The summed E-state index contributed by atoms with van der Waals surface area (Å²) < 4.78 is 15.0. The molecule has 25 heavy (non-hydrogen) atoms. The molecular weight excluding hydrogens is 341 g/mol. The topological polar surface area (TPSA) is 75.6 Å². The fraction of sp³-hybridized carbons (Fsp3) is 0.235. The number of carbonyl (C=O) groups excluding carboxylic acids is 1. The van der Waals surface area contributed by atoms with Gasteiger partial charge in [0, 0.05) is 16.8 Å². The number of halogens is 1. The second-order valence-corrected chi connectivity index (χ2v) is 7.01. The van der Waals surface area contributed by atoms with Crippen molar-refractivity contribution in [2.75, 3.05) is 11.1 Å². The van der Waals surface area contributed by atoms with Crippen LogP contribution in [-0.2, 0) is 4.79 Å². The minimum atomic E-state index is -0.280. The first-order valence-electron chi connectivity index (χ1n) is 7.81. The Bertz CT molecular complexity index is 947. The number of benzene rings is 1. The molecule has 3 heterocycles. The molecule has 128 valence electrons. The maximum Gasteiger partial charge on any atom is 0.235 e. The number of aryl methyl sites for hydroxylation is 1. The van der Waals surface area contributed by atoms with Gasteiger partial charge in [0.05, 0.1) is 28.6 Å². The van der Waals surface area contributed by atoms with Gasteiger partial charge in [-0.3, -0.25) is 9.89 Å². The van der Waals surface area contributed by atoms with Gasteiger partial charge in [0.15, 0.2) is 0 Å². The molecule has 2 aromatic heterocycles. The predicted octanol–water partition coefficient (Wildman–Crippen LogP) is 3.13. The van der Waals surface area contributed by atoms with Gasteiger partial charge in [0.1, 0.15) is 11.6 Å². The normalized spacial score (nSPS) is 17.1. The maximum atomic E-state index is 13.2. The third-order valence-corrected chi connectivity index (χ3v) is 5.53. The summed E-state index contributed by atoms with van der Waals surface area (Å²) in [6, 6.07) is 6.24. The van der Waals surface area contributed by atoms with Gasteiger partial charge in [-0.05, 0) is 38.1 Å². The largest absolute Gasteiger partial charge is 0.310 e. The van der Waals surface area contributed by atoms with Crippen LogP contribution in [0.25, 0.3) is 5.69 Å². The molecule has 0 fully saturated rings. The fourth-order valence-corrected chi connectivity index (χ4v) is 4.38. The summed E-state index contributed by atoms with van der Waals surface area (Å²) in [5.74, 6) is 0.651. The van der Waals surface area contributed by atoms with Gasteiger partial charge in [-0.25, -0.2) is 9.07 Å². The summed E-state index contributed by atoms with van der Waals surface area (Å²) in [6.07, 6.45) is 1.74. The van der Waals surface area contributed by atoms with E-state index < -0.39 is 0 Å². The monoisotopic (exact) mass is 357 g/mol. The standard InChI is InChI=1S/C17H16FN5OS/c1-9-15(10(2)23(22-9)12-5-3-11(18)4-6-12)16-13-7-19-21-17(13)20-14(24)8-25-16/h3-7,16H,8H2,1-2H3,(H2,19,20,21,24)/t16-/m0/s1. The SMILES string of the molecule is Cc1nn(-c2ccc(F)cc2)c(C)c1[C@H]1SCC(=O)Nc2[nH]ncc21. The molecule has 0 saturated carbocycles. The van der Waals surface area contributed by atoms with Crippen LogP contribution in [0.2, 0.25) is 0 Å². The van der Waals surface area contributed by atoms with Crippen molar-refractivity contribution in [1.29, 1.82) is 0 Å². The molecule has 2 N–H and O–H groups in total. The lowest BCUT2D eigenvalue weighted by atomic mass is 10.0. The van der Waals surface area contributed by atoms with Gasteiger partial charge in [0.2, 0.25) is 5.91 Å². The van der Waals surface area contributed by atoms with Gasteiger partial charge < -0.3 is 5.32 Å². The Morgan fingerprint density at radius 2 is 2.04 bits per heavy atom. The lowest BCUT2D eigenvalue weighted by molar-refractivity contribution is -0.113. The van der Waals surface area contributed by atoms with Crippen LogP contribution in [0.3, 0.4) is 0 Å². The molecule has 0 unspecified atom stereocenters. The summed E-state index contributed by atoms with van der Waals surface area (Å²) in [5, 5.41) is 14.3. The molecule has 0 radical (unpaired) electrons. The van der Waals surface area contributed by atoms with E-state index in [1.165, 1.54) is 12.1 Å². The summed E-state index contributed by atoms with van der Waals surface area (Å²) in [7, 11) is 0. The highest BCUT2D eigenvalue weighted by Crippen LogP contribution is 2.43. The molecular formula is C17H16FN5OS. The van der Waals surface area contributed by atoms with E-state index in [4.69, 9.17) is 0 Å². The Hall–Kier alpha value is -2.61. The number of fused-ring (bicyclic) bond motifs is 1. The van der Waals surface area contributed by atoms with Crippen molar-refractivity contribution < 1.29 is 9.18 Å². The first-order valence-corrected chi connectivity index (χ1v) is 8.86. The van der Waals surface area contributed by atoms with Crippen LogP contribution in [-0.4, -0.2) is 31.6 Å². The Morgan fingerprint density at radius 1 is 1.28 bits per heavy atom. The van der Waals surface area contributed by atoms with Gasteiger partial charge in [-0.2, -0.15) is 10.2 Å². The van der Waals surface area contributed by atoms with E-state index in [0.717, 1.165) is 28.2 Å². The maximum absolute atomic E-state index is 13.2. The number of nitrogens with zero attached hydrogens (tertiary/aromatic N) is 3. The Morgan fingerprint density at radius 3 is 2.80 bits per heavy atom. The molecule has 3 aromatic rings. The van der Waals surface area contributed by atoms with Crippen LogP contribution >= 0.6 is 11.8 Å². The van der Waals surface area contributed by atoms with Crippen LogP contribution in [0.15, 0.2) is 30.5 Å². The van der Waals surface area contributed by atoms with Gasteiger partial charge in [0.25, 0.3) is 0 Å². The molecule has 6 nitrogen and oxygen atoms in total. The number of thioether (sulfide) groups is 1. The van der Waals surface area contributed by atoms with Crippen LogP contribution in [0, 0.1) is 19.7 Å². The van der Waals surface area contributed by atoms with Crippen LogP contribution < -0.4 is 5.32 Å². The zero-order valence-electron chi connectivity index (χ0n) is 13.7. The highest BCUT2D eigenvalue weighted by molar-refractivity contribution is 8.00. The average Bonchev–Trinajstić information content (AvgIpc) is 3.11. The van der Waals surface area contributed by atoms with E-state index in [-0.39, 0.29) is 17.0 Å². The number of H-pyrrole nitrogens is 1. The first kappa shape index (κ1) is 15.9. The van der Waals surface area contributed by atoms with E-state index in [2.05, 4.69) is 20.6 Å². The second-order valence-electron chi connectivity index (χ2n) is 5.91. The number of nitrogens with one attached hydrogen (secondary N) is 2. The molecule has 0 bridgehead atoms. The molecule has 0 saturated heterocycles. The van der Waals surface area contributed by atoms with Crippen molar-refractivity contribution in [3.05, 3.63) is 58.8 Å². The number of anilines is 1. The lowest BCUT2D eigenvalue weighted by Gasteiger charge is -2.14. The summed E-state index contributed by atoms with van der Waals surface area (Å²) in [4.78, 5) is 11.9. The Labute approximate surface area is 147 Å². The number of hydrogen-bond acceptors (Lipinski definition) is 4. The fourth-order valence-electron chi connectivity index (χ4n) is 3.13. The second kappa shape index (κ2) is 6.03. The number of amides is 1. The summed E-state index contributed by atoms with van der Waals surface area (Å²) in [5.41, 5.74) is 4.62. The molecule has 4 rings (SSSR count). The van der Waals surface area contributed by atoms with Crippen molar-refractivity contribution >= 4 is 23.5 Å². The van der Waals surface area contributed by atoms with Crippen molar-refractivity contribution in [3.8, 4) is 5.69 Å². The molecule has 8 heteroatoms. The molecule has 1 aliphatic rings. The Balaban J connectivity index is 1.82. The zero-order chi connectivity index (χ0) is 17.6. The third-order valence-electron chi connectivity index (χ3n) is 4.28. The van der Waals surface area contributed by atoms with E-state index in [0.29, 0.717) is 11.6 Å².